The average Bonchev–Trinajstić information content (AvgIpc) is 2.83. The van der Waals surface area contributed by atoms with Crippen LogP contribution in [0.4, 0.5) is 0 Å². The first-order chi connectivity index (χ1) is 17.6. The summed E-state index contributed by atoms with van der Waals surface area (Å²) in [5.41, 5.74) is 0. The predicted molar refractivity (Wildman–Crippen MR) is 138 cm³/mol. The van der Waals surface area contributed by atoms with Gasteiger partial charge >= 0.3 is 134 Å². The molecule has 0 rings (SSSR count). The molecule has 0 aliphatic heterocycles. The molecule has 2 unspecified atom stereocenters. The van der Waals surface area contributed by atoms with E-state index in [1.807, 2.05) is 13.8 Å². The van der Waals surface area contributed by atoms with E-state index < -0.39 is 48.9 Å². The van der Waals surface area contributed by atoms with Gasteiger partial charge in [0.1, 0.15) is 11.6 Å². The fraction of sp³-hybridized carbons (Fsp3) is 0.857. The number of Topliss-reactive ketones (excluding diaryl/α,β-unsaturated/α-hetero) is 2. The van der Waals surface area contributed by atoms with Gasteiger partial charge in [-0.25, -0.2) is 0 Å². The first-order valence-electron chi connectivity index (χ1n) is 14.0. The van der Waals surface area contributed by atoms with Crippen molar-refractivity contribution in [3.05, 3.63) is 0 Å². The van der Waals surface area contributed by atoms with Gasteiger partial charge in [0.2, 0.25) is 0 Å². The summed E-state index contributed by atoms with van der Waals surface area (Å²) in [7, 11) is 0. The van der Waals surface area contributed by atoms with Crippen LogP contribution in [0, 0.1) is 11.8 Å². The van der Waals surface area contributed by atoms with Crippen molar-refractivity contribution in [2.75, 3.05) is 13.2 Å². The molecule has 0 aromatic carbocycles. The standard InChI is InChI=1S/2C8H17O.2C6H10O3.Zr/c2*1-3-5-6-8(4-2)7-9;2*1-2-3-5(7)4-6(8)9;/h2*8H,3-7H2,1-2H3;2*2-4H2,1H3,(H,8,9);/q2*-1;;;+4/p-2. The van der Waals surface area contributed by atoms with E-state index in [0.29, 0.717) is 25.7 Å². The number of hydrogen-bond acceptors (Lipinski definition) is 8. The summed E-state index contributed by atoms with van der Waals surface area (Å²) in [5.74, 6) is -1.56. The molecule has 0 N–H and O–H groups in total. The molecule has 0 aromatic heterocycles. The Morgan fingerprint density at radius 2 is 0.973 bits per heavy atom. The Kier molecular flexibility index (Phi) is 34.3. The minimum absolute atomic E-state index is 0.252. The molecule has 0 heterocycles. The Balaban J connectivity index is -0.000000534. The van der Waals surface area contributed by atoms with Gasteiger partial charge in [-0.3, -0.25) is 9.59 Å². The van der Waals surface area contributed by atoms with E-state index in [1.54, 1.807) is 0 Å². The Hall–Kier alpha value is -0.917. The summed E-state index contributed by atoms with van der Waals surface area (Å²) in [6, 6.07) is 0. The molecule has 9 heteroatoms. The SMILES string of the molecule is CCCC(=O)CC(=O)[O-].CCCC(=O)CC(=O)[O-].CCCCC(CC)C[O][Zr+2][O]CC(CC)CCCC. The molecule has 0 spiro atoms. The molecule has 216 valence electrons. The number of ketones is 2. The number of hydrogen-bond donors (Lipinski definition) is 0. The van der Waals surface area contributed by atoms with Crippen molar-refractivity contribution >= 4 is 23.5 Å². The molecule has 37 heavy (non-hydrogen) atoms. The van der Waals surface area contributed by atoms with Crippen LogP contribution in [0.5, 0.6) is 0 Å². The molecule has 0 saturated heterocycles. The fourth-order valence-corrected chi connectivity index (χ4v) is 4.90. The maximum absolute atomic E-state index is 10.4. The minimum atomic E-state index is -1.28. The predicted octanol–water partition coefficient (Wildman–Crippen LogP) is 4.36. The van der Waals surface area contributed by atoms with E-state index in [9.17, 15) is 29.4 Å². The van der Waals surface area contributed by atoms with Crippen molar-refractivity contribution in [2.45, 2.75) is 131 Å². The van der Waals surface area contributed by atoms with Crippen molar-refractivity contribution in [3.8, 4) is 0 Å². The van der Waals surface area contributed by atoms with Gasteiger partial charge in [-0.05, 0) is 12.8 Å². The second-order valence-corrected chi connectivity index (χ2v) is 11.0. The summed E-state index contributed by atoms with van der Waals surface area (Å²) in [5, 5.41) is 19.5. The van der Waals surface area contributed by atoms with Crippen LogP contribution in [0.25, 0.3) is 0 Å². The monoisotopic (exact) mass is 606 g/mol. The third kappa shape index (κ3) is 35.1. The summed E-state index contributed by atoms with van der Waals surface area (Å²) in [4.78, 5) is 40.4. The van der Waals surface area contributed by atoms with Gasteiger partial charge in [0.05, 0.1) is 0 Å². The summed E-state index contributed by atoms with van der Waals surface area (Å²) in [6.45, 7) is 14.6. The topological polar surface area (TPSA) is 133 Å². The van der Waals surface area contributed by atoms with Gasteiger partial charge < -0.3 is 19.8 Å². The van der Waals surface area contributed by atoms with E-state index >= 15 is 0 Å². The van der Waals surface area contributed by atoms with Gasteiger partial charge in [-0.15, -0.1) is 0 Å². The first kappa shape index (κ1) is 40.6. The van der Waals surface area contributed by atoms with Gasteiger partial charge in [-0.2, -0.15) is 0 Å². The molecule has 0 amide bonds. The number of carboxylic acid groups (broad SMARTS) is 2. The number of carboxylic acids is 2. The van der Waals surface area contributed by atoms with Crippen LogP contribution in [0.1, 0.15) is 131 Å². The van der Waals surface area contributed by atoms with Crippen molar-refractivity contribution in [2.24, 2.45) is 11.8 Å². The Morgan fingerprint density at radius 1 is 0.622 bits per heavy atom. The molecular formula is C28H52O8Zr. The van der Waals surface area contributed by atoms with Crippen molar-refractivity contribution in [3.63, 3.8) is 0 Å². The molecule has 0 aliphatic rings. The third-order valence-electron chi connectivity index (χ3n) is 5.58. The molecular weight excluding hydrogens is 556 g/mol. The second kappa shape index (κ2) is 31.3. The number of unbranched alkanes of at least 4 members (excludes halogenated alkanes) is 2. The fourth-order valence-electron chi connectivity index (χ4n) is 3.20. The molecule has 2 atom stereocenters. The van der Waals surface area contributed by atoms with Crippen LogP contribution in [0.3, 0.4) is 0 Å². The van der Waals surface area contributed by atoms with Crippen molar-refractivity contribution < 1.29 is 59.1 Å². The van der Waals surface area contributed by atoms with Gasteiger partial charge in [0, 0.05) is 37.6 Å². The number of aliphatic carboxylic acids is 2. The molecule has 0 bridgehead atoms. The quantitative estimate of drug-likeness (QED) is 0.131. The second-order valence-electron chi connectivity index (χ2n) is 9.21. The average molecular weight is 608 g/mol. The number of carbonyl (C=O) groups excluding carboxylic acids is 4. The summed E-state index contributed by atoms with van der Waals surface area (Å²) in [6.07, 6.45) is 11.6. The van der Waals surface area contributed by atoms with Crippen LogP contribution in [0.15, 0.2) is 0 Å². The zero-order valence-electron chi connectivity index (χ0n) is 24.2. The van der Waals surface area contributed by atoms with E-state index in [1.165, 1.54) is 51.4 Å². The Morgan fingerprint density at radius 3 is 1.22 bits per heavy atom. The van der Waals surface area contributed by atoms with Crippen LogP contribution < -0.4 is 10.2 Å². The maximum atomic E-state index is 10.4. The first-order valence-corrected chi connectivity index (χ1v) is 16.0. The van der Waals surface area contributed by atoms with Crippen molar-refractivity contribution in [1.29, 1.82) is 0 Å². The van der Waals surface area contributed by atoms with Crippen LogP contribution in [-0.4, -0.2) is 36.7 Å². The molecule has 0 fully saturated rings. The molecule has 0 aliphatic carbocycles. The van der Waals surface area contributed by atoms with Gasteiger partial charge in [0.25, 0.3) is 0 Å². The molecule has 8 nitrogen and oxygen atoms in total. The van der Waals surface area contributed by atoms with E-state index in [-0.39, 0.29) is 11.6 Å². The van der Waals surface area contributed by atoms with Crippen LogP contribution >= 0.6 is 0 Å². The van der Waals surface area contributed by atoms with Gasteiger partial charge in [0.15, 0.2) is 0 Å². The Bertz CT molecular complexity index is 520. The zero-order chi connectivity index (χ0) is 28.9. The molecule has 0 radical (unpaired) electrons. The Labute approximate surface area is 238 Å². The third-order valence-corrected chi connectivity index (χ3v) is 6.98. The van der Waals surface area contributed by atoms with E-state index in [4.69, 9.17) is 5.63 Å². The molecule has 0 aromatic rings. The van der Waals surface area contributed by atoms with E-state index in [0.717, 1.165) is 25.0 Å². The summed E-state index contributed by atoms with van der Waals surface area (Å²) < 4.78 is 11.7. The van der Waals surface area contributed by atoms with Crippen molar-refractivity contribution in [1.82, 2.24) is 0 Å². The summed E-state index contributed by atoms with van der Waals surface area (Å²) >= 11 is -1.01. The number of carbonyl (C=O) groups is 4. The normalized spacial score (nSPS) is 11.6. The molecule has 0 saturated carbocycles. The van der Waals surface area contributed by atoms with Gasteiger partial charge in [-0.1, -0.05) is 13.8 Å². The number of rotatable bonds is 22. The van der Waals surface area contributed by atoms with E-state index in [2.05, 4.69) is 27.7 Å². The van der Waals surface area contributed by atoms with Crippen LogP contribution in [0.2, 0.25) is 0 Å². The zero-order valence-corrected chi connectivity index (χ0v) is 26.7. The van der Waals surface area contributed by atoms with Crippen LogP contribution in [-0.2, 0) is 48.9 Å².